The van der Waals surface area contributed by atoms with E-state index >= 15 is 0 Å². The van der Waals surface area contributed by atoms with Crippen LogP contribution in [0.15, 0.2) is 41.6 Å². The Hall–Kier alpha value is -3.28. The van der Waals surface area contributed by atoms with Gasteiger partial charge < -0.3 is 5.73 Å². The highest BCUT2D eigenvalue weighted by Gasteiger charge is 2.69. The third kappa shape index (κ3) is 1.59. The summed E-state index contributed by atoms with van der Waals surface area (Å²) >= 11 is 0. The monoisotopic (exact) mass is 259 g/mol. The molecule has 0 amide bonds. The average Bonchev–Trinajstić information content (AvgIpc) is 3.18. The Bertz CT molecular complexity index is 720. The molecule has 1 aliphatic rings. The van der Waals surface area contributed by atoms with Gasteiger partial charge in [0.2, 0.25) is 0 Å². The summed E-state index contributed by atoms with van der Waals surface area (Å²) in [6, 6.07) is 16.5. The number of nitrogens with zero attached hydrogens (tertiary/aromatic N) is 4. The van der Waals surface area contributed by atoms with Crippen molar-refractivity contribution >= 4 is 0 Å². The summed E-state index contributed by atoms with van der Waals surface area (Å²) in [7, 11) is 0. The molecule has 20 heavy (non-hydrogen) atoms. The van der Waals surface area contributed by atoms with Crippen molar-refractivity contribution in [2.75, 3.05) is 0 Å². The van der Waals surface area contributed by atoms with E-state index in [0.29, 0.717) is 0 Å². The second kappa shape index (κ2) is 4.77. The summed E-state index contributed by atoms with van der Waals surface area (Å²) in [4.78, 5) is 0. The maximum atomic E-state index is 9.47. The summed E-state index contributed by atoms with van der Waals surface area (Å²) in [6.07, 6.45) is 0. The quantitative estimate of drug-likeness (QED) is 0.810. The van der Waals surface area contributed by atoms with Crippen molar-refractivity contribution in [3.8, 4) is 24.3 Å². The molecule has 2 N–H and O–H groups in total. The minimum absolute atomic E-state index is 0.106. The molecule has 0 bridgehead atoms. The number of nitrogens with two attached hydrogens (primary N) is 1. The Morgan fingerprint density at radius 1 is 1.05 bits per heavy atom. The standard InChI is InChI=1S/C15H9N5/c16-6-11(7-17)14(20)15(9-19)12(8-18)13(15)10-4-2-1-3-5-10/h1-5,12-13H,20H2/t12-,13+,15+/m0/s1. The summed E-state index contributed by atoms with van der Waals surface area (Å²) in [5, 5.41) is 36.5. The number of benzene rings is 1. The predicted molar refractivity (Wildman–Crippen MR) is 68.8 cm³/mol. The summed E-state index contributed by atoms with van der Waals surface area (Å²) < 4.78 is 0. The molecule has 1 saturated carbocycles. The fraction of sp³-hybridized carbons (Fsp3) is 0.200. The molecule has 1 aromatic carbocycles. The lowest BCUT2D eigenvalue weighted by Gasteiger charge is -2.09. The molecule has 0 heterocycles. The number of hydrogen-bond donors (Lipinski definition) is 1. The molecule has 0 saturated heterocycles. The van der Waals surface area contributed by atoms with Crippen LogP contribution in [-0.2, 0) is 0 Å². The van der Waals surface area contributed by atoms with Crippen LogP contribution >= 0.6 is 0 Å². The number of rotatable bonds is 2. The van der Waals surface area contributed by atoms with Gasteiger partial charge in [-0.25, -0.2) is 0 Å². The van der Waals surface area contributed by atoms with Gasteiger partial charge in [-0.15, -0.1) is 0 Å². The van der Waals surface area contributed by atoms with Crippen molar-refractivity contribution in [2.24, 2.45) is 17.1 Å². The SMILES string of the molecule is N#CC(C#N)=C(N)[C@@]1(C#N)[C@H](c2ccccc2)[C@@H]1C#N. The van der Waals surface area contributed by atoms with E-state index in [1.165, 1.54) is 0 Å². The summed E-state index contributed by atoms with van der Waals surface area (Å²) in [6.45, 7) is 0. The minimum Gasteiger partial charge on any atom is -0.399 e. The Balaban J connectivity index is 2.58. The molecule has 1 aliphatic carbocycles. The van der Waals surface area contributed by atoms with E-state index in [1.807, 2.05) is 12.1 Å². The van der Waals surface area contributed by atoms with Crippen LogP contribution in [0.4, 0.5) is 0 Å². The van der Waals surface area contributed by atoms with Crippen LogP contribution in [0.2, 0.25) is 0 Å². The molecule has 2 rings (SSSR count). The molecule has 1 aromatic rings. The molecule has 0 aromatic heterocycles. The van der Waals surface area contributed by atoms with Gasteiger partial charge >= 0.3 is 0 Å². The van der Waals surface area contributed by atoms with E-state index in [4.69, 9.17) is 16.3 Å². The highest BCUT2D eigenvalue weighted by Crippen LogP contribution is 2.67. The normalized spacial score (nSPS) is 26.2. The predicted octanol–water partition coefficient (Wildman–Crippen LogP) is 1.69. The minimum atomic E-state index is -1.28. The van der Waals surface area contributed by atoms with Crippen LogP contribution in [0, 0.1) is 56.7 Å². The average molecular weight is 259 g/mol. The van der Waals surface area contributed by atoms with E-state index in [0.717, 1.165) is 5.56 Å². The van der Waals surface area contributed by atoms with E-state index in [9.17, 15) is 10.5 Å². The summed E-state index contributed by atoms with van der Waals surface area (Å²) in [5.74, 6) is -1.05. The van der Waals surface area contributed by atoms with E-state index < -0.39 is 17.3 Å². The molecule has 0 radical (unpaired) electrons. The largest absolute Gasteiger partial charge is 0.399 e. The second-order valence-corrected chi connectivity index (χ2v) is 4.49. The van der Waals surface area contributed by atoms with Gasteiger partial charge in [-0.2, -0.15) is 21.0 Å². The van der Waals surface area contributed by atoms with Crippen molar-refractivity contribution in [1.29, 1.82) is 21.0 Å². The lowest BCUT2D eigenvalue weighted by Crippen LogP contribution is -2.17. The first-order chi connectivity index (χ1) is 9.67. The number of nitriles is 4. The van der Waals surface area contributed by atoms with E-state index in [2.05, 4.69) is 6.07 Å². The lowest BCUT2D eigenvalue weighted by molar-refractivity contribution is 0.719. The molecule has 3 atom stereocenters. The number of hydrogen-bond acceptors (Lipinski definition) is 5. The molecule has 5 nitrogen and oxygen atoms in total. The van der Waals surface area contributed by atoms with Crippen LogP contribution in [0.25, 0.3) is 0 Å². The first-order valence-corrected chi connectivity index (χ1v) is 5.83. The molecule has 0 spiro atoms. The zero-order chi connectivity index (χ0) is 14.8. The first-order valence-electron chi connectivity index (χ1n) is 5.83. The van der Waals surface area contributed by atoms with Gasteiger partial charge in [0.1, 0.15) is 23.1 Å². The smallest absolute Gasteiger partial charge is 0.150 e. The van der Waals surface area contributed by atoms with Gasteiger partial charge in [0.15, 0.2) is 0 Å². The fourth-order valence-corrected chi connectivity index (χ4v) is 2.57. The van der Waals surface area contributed by atoms with Gasteiger partial charge in [0.05, 0.1) is 23.8 Å². The maximum absolute atomic E-state index is 9.47. The zero-order valence-electron chi connectivity index (χ0n) is 10.4. The Morgan fingerprint density at radius 2 is 1.65 bits per heavy atom. The first kappa shape index (κ1) is 13.2. The fourth-order valence-electron chi connectivity index (χ4n) is 2.57. The van der Waals surface area contributed by atoms with Crippen LogP contribution < -0.4 is 5.73 Å². The topological polar surface area (TPSA) is 121 Å². The van der Waals surface area contributed by atoms with E-state index in [-0.39, 0.29) is 11.3 Å². The Kier molecular flexibility index (Phi) is 3.14. The lowest BCUT2D eigenvalue weighted by atomic mass is 9.94. The second-order valence-electron chi connectivity index (χ2n) is 4.49. The summed E-state index contributed by atoms with van der Waals surface area (Å²) in [5.41, 5.74) is 4.96. The Labute approximate surface area is 116 Å². The van der Waals surface area contributed by atoms with Gasteiger partial charge in [0, 0.05) is 5.92 Å². The molecular weight excluding hydrogens is 250 g/mol. The zero-order valence-corrected chi connectivity index (χ0v) is 10.4. The third-order valence-corrected chi connectivity index (χ3v) is 3.63. The molecule has 0 unspecified atom stereocenters. The van der Waals surface area contributed by atoms with Crippen molar-refractivity contribution in [3.05, 3.63) is 47.2 Å². The molecule has 5 heteroatoms. The third-order valence-electron chi connectivity index (χ3n) is 3.63. The number of allylic oxidation sites excluding steroid dienone is 2. The van der Waals surface area contributed by atoms with Crippen molar-refractivity contribution < 1.29 is 0 Å². The highest BCUT2D eigenvalue weighted by molar-refractivity contribution is 5.55. The van der Waals surface area contributed by atoms with Crippen molar-refractivity contribution in [3.63, 3.8) is 0 Å². The molecule has 94 valence electrons. The van der Waals surface area contributed by atoms with Crippen LogP contribution in [0.3, 0.4) is 0 Å². The van der Waals surface area contributed by atoms with Gasteiger partial charge in [-0.1, -0.05) is 30.3 Å². The van der Waals surface area contributed by atoms with Crippen LogP contribution in [0.1, 0.15) is 11.5 Å². The highest BCUT2D eigenvalue weighted by atomic mass is 14.8. The van der Waals surface area contributed by atoms with E-state index in [1.54, 1.807) is 36.4 Å². The molecular formula is C15H9N5. The van der Waals surface area contributed by atoms with Gasteiger partial charge in [-0.3, -0.25) is 0 Å². The van der Waals surface area contributed by atoms with Crippen LogP contribution in [-0.4, -0.2) is 0 Å². The van der Waals surface area contributed by atoms with Crippen LogP contribution in [0.5, 0.6) is 0 Å². The van der Waals surface area contributed by atoms with Crippen molar-refractivity contribution in [1.82, 2.24) is 0 Å². The van der Waals surface area contributed by atoms with Crippen molar-refractivity contribution in [2.45, 2.75) is 5.92 Å². The van der Waals surface area contributed by atoms with Gasteiger partial charge in [-0.05, 0) is 5.56 Å². The van der Waals surface area contributed by atoms with Gasteiger partial charge in [0.25, 0.3) is 0 Å². The maximum Gasteiger partial charge on any atom is 0.150 e. The Morgan fingerprint density at radius 3 is 2.10 bits per heavy atom. The molecule has 0 aliphatic heterocycles. The molecule has 1 fully saturated rings.